The molecule has 0 unspecified atom stereocenters. The maximum atomic E-state index is 11.9. The minimum Gasteiger partial charge on any atom is -0.349 e. The van der Waals surface area contributed by atoms with Crippen LogP contribution in [-0.4, -0.2) is 61.7 Å². The van der Waals surface area contributed by atoms with Crippen LogP contribution in [-0.2, 0) is 16.4 Å². The van der Waals surface area contributed by atoms with Gasteiger partial charge >= 0.3 is 0 Å². The molecule has 1 aliphatic heterocycles. The van der Waals surface area contributed by atoms with Gasteiger partial charge in [0.15, 0.2) is 5.82 Å². The van der Waals surface area contributed by atoms with Gasteiger partial charge in [-0.25, -0.2) is 13.4 Å². The summed E-state index contributed by atoms with van der Waals surface area (Å²) in [6, 6.07) is 0. The third-order valence-electron chi connectivity index (χ3n) is 3.47. The number of rotatable bonds is 5. The molecular formula is C12H21N5O3S. The Morgan fingerprint density at radius 2 is 2.00 bits per heavy atom. The maximum Gasteiger partial charge on any atom is 0.290 e. The predicted octanol–water partition coefficient (Wildman–Crippen LogP) is -1.26. The minimum atomic E-state index is -3.18. The number of aromatic amines is 1. The summed E-state index contributed by atoms with van der Waals surface area (Å²) in [5.74, 6) is 0.359. The molecule has 1 fully saturated rings. The van der Waals surface area contributed by atoms with Crippen LogP contribution in [0.2, 0.25) is 0 Å². The largest absolute Gasteiger partial charge is 0.349 e. The standard InChI is InChI=1S/C12H21N5O3S/c1-21(19,20)17-7-5-16(6-8-17)11-12(18)14-9-10(15-11)3-2-4-13/h9H,2-8,13H2,1H3,(H,14,18). The number of anilines is 1. The van der Waals surface area contributed by atoms with E-state index in [0.717, 1.165) is 12.1 Å². The van der Waals surface area contributed by atoms with Gasteiger partial charge in [0.05, 0.1) is 11.9 Å². The molecule has 1 saturated heterocycles. The van der Waals surface area contributed by atoms with Crippen molar-refractivity contribution in [3.8, 4) is 0 Å². The summed E-state index contributed by atoms with van der Waals surface area (Å²) in [6.07, 6.45) is 4.32. The molecule has 0 spiro atoms. The van der Waals surface area contributed by atoms with E-state index < -0.39 is 10.0 Å². The first kappa shape index (κ1) is 15.9. The first-order valence-corrected chi connectivity index (χ1v) is 8.75. The first-order valence-electron chi connectivity index (χ1n) is 6.90. The van der Waals surface area contributed by atoms with Gasteiger partial charge in [0.25, 0.3) is 5.56 Å². The summed E-state index contributed by atoms with van der Waals surface area (Å²) < 4.78 is 24.4. The van der Waals surface area contributed by atoms with Gasteiger partial charge in [0, 0.05) is 32.4 Å². The topological polar surface area (TPSA) is 112 Å². The lowest BCUT2D eigenvalue weighted by molar-refractivity contribution is 0.386. The van der Waals surface area contributed by atoms with E-state index >= 15 is 0 Å². The number of sulfonamides is 1. The van der Waals surface area contributed by atoms with Crippen LogP contribution < -0.4 is 16.2 Å². The van der Waals surface area contributed by atoms with Crippen molar-refractivity contribution in [2.45, 2.75) is 12.8 Å². The van der Waals surface area contributed by atoms with Crippen LogP contribution in [0.25, 0.3) is 0 Å². The predicted molar refractivity (Wildman–Crippen MR) is 80.9 cm³/mol. The number of hydrogen-bond acceptors (Lipinski definition) is 6. The molecule has 0 bridgehead atoms. The fourth-order valence-electron chi connectivity index (χ4n) is 2.29. The van der Waals surface area contributed by atoms with Gasteiger partial charge in [-0.2, -0.15) is 4.31 Å². The average molecular weight is 315 g/mol. The Kier molecular flexibility index (Phi) is 4.96. The molecule has 1 aliphatic rings. The van der Waals surface area contributed by atoms with Crippen LogP contribution in [0, 0.1) is 0 Å². The minimum absolute atomic E-state index is 0.251. The number of hydrogen-bond donors (Lipinski definition) is 2. The molecule has 0 amide bonds. The molecule has 0 aromatic carbocycles. The summed E-state index contributed by atoms with van der Waals surface area (Å²) in [7, 11) is -3.18. The van der Waals surface area contributed by atoms with Crippen LogP contribution in [0.15, 0.2) is 11.0 Å². The molecule has 2 rings (SSSR count). The number of aryl methyl sites for hydroxylation is 1. The number of nitrogens with zero attached hydrogens (tertiary/aromatic N) is 3. The molecule has 1 aromatic rings. The van der Waals surface area contributed by atoms with Crippen molar-refractivity contribution >= 4 is 15.8 Å². The number of nitrogens with one attached hydrogen (secondary N) is 1. The van der Waals surface area contributed by atoms with Crippen molar-refractivity contribution in [2.24, 2.45) is 5.73 Å². The number of nitrogens with two attached hydrogens (primary N) is 1. The highest BCUT2D eigenvalue weighted by Crippen LogP contribution is 2.12. The summed E-state index contributed by atoms with van der Waals surface area (Å²) in [6.45, 7) is 2.23. The lowest BCUT2D eigenvalue weighted by Crippen LogP contribution is -2.49. The van der Waals surface area contributed by atoms with Crippen LogP contribution in [0.3, 0.4) is 0 Å². The van der Waals surface area contributed by atoms with E-state index in [1.54, 1.807) is 6.20 Å². The van der Waals surface area contributed by atoms with Crippen molar-refractivity contribution in [3.05, 3.63) is 22.2 Å². The van der Waals surface area contributed by atoms with Crippen molar-refractivity contribution < 1.29 is 8.42 Å². The molecule has 3 N–H and O–H groups in total. The van der Waals surface area contributed by atoms with Gasteiger partial charge in [-0.1, -0.05) is 0 Å². The number of H-pyrrole nitrogens is 1. The zero-order valence-electron chi connectivity index (χ0n) is 12.1. The Morgan fingerprint density at radius 3 is 2.57 bits per heavy atom. The quantitative estimate of drug-likeness (QED) is 0.701. The van der Waals surface area contributed by atoms with Crippen molar-refractivity contribution in [3.63, 3.8) is 0 Å². The maximum absolute atomic E-state index is 11.9. The van der Waals surface area contributed by atoms with Gasteiger partial charge in [-0.15, -0.1) is 0 Å². The zero-order valence-corrected chi connectivity index (χ0v) is 12.9. The molecule has 1 aromatic heterocycles. The highest BCUT2D eigenvalue weighted by atomic mass is 32.2. The highest BCUT2D eigenvalue weighted by Gasteiger charge is 2.25. The second-order valence-electron chi connectivity index (χ2n) is 5.09. The van der Waals surface area contributed by atoms with E-state index in [4.69, 9.17) is 5.73 Å². The molecule has 8 nitrogen and oxygen atoms in total. The smallest absolute Gasteiger partial charge is 0.290 e. The molecule has 0 radical (unpaired) electrons. The van der Waals surface area contributed by atoms with Crippen LogP contribution >= 0.6 is 0 Å². The molecule has 9 heteroatoms. The monoisotopic (exact) mass is 315 g/mol. The number of aromatic nitrogens is 2. The molecular weight excluding hydrogens is 294 g/mol. The number of piperazine rings is 1. The van der Waals surface area contributed by atoms with Crippen molar-refractivity contribution in [1.82, 2.24) is 14.3 Å². The molecule has 2 heterocycles. The lowest BCUT2D eigenvalue weighted by atomic mass is 10.2. The normalized spacial score (nSPS) is 17.1. The molecule has 118 valence electrons. The summed E-state index contributed by atoms with van der Waals surface area (Å²) >= 11 is 0. The van der Waals surface area contributed by atoms with Crippen LogP contribution in [0.5, 0.6) is 0 Å². The van der Waals surface area contributed by atoms with Gasteiger partial charge in [-0.3, -0.25) is 4.79 Å². The molecule has 21 heavy (non-hydrogen) atoms. The second kappa shape index (κ2) is 6.54. The zero-order chi connectivity index (χ0) is 15.5. The van der Waals surface area contributed by atoms with Crippen LogP contribution in [0.4, 0.5) is 5.82 Å². The summed E-state index contributed by atoms with van der Waals surface area (Å²) in [5.41, 5.74) is 6.01. The van der Waals surface area contributed by atoms with E-state index in [9.17, 15) is 13.2 Å². The third kappa shape index (κ3) is 4.02. The van der Waals surface area contributed by atoms with Crippen LogP contribution in [0.1, 0.15) is 12.1 Å². The van der Waals surface area contributed by atoms with E-state index in [1.165, 1.54) is 10.6 Å². The Morgan fingerprint density at radius 1 is 1.33 bits per heavy atom. The van der Waals surface area contributed by atoms with Crippen molar-refractivity contribution in [1.29, 1.82) is 0 Å². The second-order valence-corrected chi connectivity index (χ2v) is 7.07. The van der Waals surface area contributed by atoms with Crippen molar-refractivity contribution in [2.75, 3.05) is 43.9 Å². The molecule has 0 atom stereocenters. The molecule has 0 saturated carbocycles. The van der Waals surface area contributed by atoms with E-state index in [2.05, 4.69) is 9.97 Å². The van der Waals surface area contributed by atoms with Gasteiger partial charge < -0.3 is 15.6 Å². The third-order valence-corrected chi connectivity index (χ3v) is 4.77. The lowest BCUT2D eigenvalue weighted by Gasteiger charge is -2.33. The first-order chi connectivity index (χ1) is 9.91. The highest BCUT2D eigenvalue weighted by molar-refractivity contribution is 7.88. The Hall–Kier alpha value is -1.45. The Balaban J connectivity index is 2.11. The summed E-state index contributed by atoms with van der Waals surface area (Å²) in [5, 5.41) is 0. The van der Waals surface area contributed by atoms with Gasteiger partial charge in [0.1, 0.15) is 0 Å². The van der Waals surface area contributed by atoms with E-state index in [-0.39, 0.29) is 5.56 Å². The van der Waals surface area contributed by atoms with Gasteiger partial charge in [-0.05, 0) is 19.4 Å². The Labute approximate surface area is 124 Å². The van der Waals surface area contributed by atoms with E-state index in [0.29, 0.717) is 45.0 Å². The average Bonchev–Trinajstić information content (AvgIpc) is 2.46. The molecule has 0 aliphatic carbocycles. The van der Waals surface area contributed by atoms with E-state index in [1.807, 2.05) is 4.90 Å². The fraction of sp³-hybridized carbons (Fsp3) is 0.667. The SMILES string of the molecule is CS(=O)(=O)N1CCN(c2nc(CCCN)c[nH]c2=O)CC1. The Bertz CT molecular complexity index is 635. The van der Waals surface area contributed by atoms with Gasteiger partial charge in [0.2, 0.25) is 10.0 Å². The fourth-order valence-corrected chi connectivity index (χ4v) is 3.12. The summed E-state index contributed by atoms with van der Waals surface area (Å²) in [4.78, 5) is 20.8.